The summed E-state index contributed by atoms with van der Waals surface area (Å²) in [6.07, 6.45) is 16.7. The first-order chi connectivity index (χ1) is 12.1. The molecule has 0 aromatic rings. The summed E-state index contributed by atoms with van der Waals surface area (Å²) in [4.78, 5) is 10.5. The highest BCUT2D eigenvalue weighted by Gasteiger charge is 2.46. The van der Waals surface area contributed by atoms with Crippen molar-refractivity contribution < 1.29 is 19.7 Å². The lowest BCUT2D eigenvalue weighted by Gasteiger charge is -2.28. The highest BCUT2D eigenvalue weighted by atomic mass is 16.5. The molecule has 2 fully saturated rings. The van der Waals surface area contributed by atoms with Crippen LogP contribution in [0.2, 0.25) is 0 Å². The summed E-state index contributed by atoms with van der Waals surface area (Å²) in [6, 6.07) is 0. The predicted octanol–water partition coefficient (Wildman–Crippen LogP) is 4.34. The molecule has 1 aliphatic heterocycles. The van der Waals surface area contributed by atoms with Gasteiger partial charge < -0.3 is 14.9 Å². The van der Waals surface area contributed by atoms with Gasteiger partial charge in [-0.15, -0.1) is 0 Å². The molecule has 4 heteroatoms. The number of hydrogen-bond acceptors (Lipinski definition) is 3. The van der Waals surface area contributed by atoms with E-state index < -0.39 is 5.97 Å². The molecule has 5 atom stereocenters. The minimum absolute atomic E-state index is 0.244. The van der Waals surface area contributed by atoms with Crippen molar-refractivity contribution in [3.05, 3.63) is 24.3 Å². The molecule has 0 amide bonds. The summed E-state index contributed by atoms with van der Waals surface area (Å²) in [5.74, 6) is 0.902. The van der Waals surface area contributed by atoms with E-state index in [2.05, 4.69) is 25.2 Å². The Labute approximate surface area is 152 Å². The predicted molar refractivity (Wildman–Crippen MR) is 99.4 cm³/mol. The maximum Gasteiger partial charge on any atom is 0.303 e. The maximum absolute atomic E-state index is 10.5. The topological polar surface area (TPSA) is 66.8 Å². The summed E-state index contributed by atoms with van der Waals surface area (Å²) in [7, 11) is 0. The van der Waals surface area contributed by atoms with Gasteiger partial charge in [-0.3, -0.25) is 4.79 Å². The summed E-state index contributed by atoms with van der Waals surface area (Å²) < 4.78 is 5.87. The van der Waals surface area contributed by atoms with Gasteiger partial charge in [-0.25, -0.2) is 0 Å². The summed E-state index contributed by atoms with van der Waals surface area (Å²) in [5, 5.41) is 18.8. The number of fused-ring (bicyclic) bond motifs is 2. The molecule has 25 heavy (non-hydrogen) atoms. The lowest BCUT2D eigenvalue weighted by atomic mass is 9.84. The SMILES string of the molecule is CCCCC[C@H](O)/C=C/[C@@H]1[C@@H](C/C=C/CCCC(=O)O)[C@@H]2CO[C@H]1C2. The average Bonchev–Trinajstić information content (AvgIpc) is 3.17. The first-order valence-electron chi connectivity index (χ1n) is 9.96. The van der Waals surface area contributed by atoms with Crippen LogP contribution in [0, 0.1) is 17.8 Å². The number of carboxylic acids is 1. The Morgan fingerprint density at radius 1 is 1.28 bits per heavy atom. The van der Waals surface area contributed by atoms with Crippen molar-refractivity contribution >= 4 is 5.97 Å². The maximum atomic E-state index is 10.5. The minimum atomic E-state index is -0.721. The van der Waals surface area contributed by atoms with Gasteiger partial charge in [0.2, 0.25) is 0 Å². The fourth-order valence-electron chi connectivity index (χ4n) is 4.15. The molecule has 2 aliphatic rings. The number of allylic oxidation sites excluding steroid dienone is 2. The van der Waals surface area contributed by atoms with Gasteiger partial charge in [-0.1, -0.05) is 50.5 Å². The van der Waals surface area contributed by atoms with Crippen LogP contribution in [0.25, 0.3) is 0 Å². The van der Waals surface area contributed by atoms with Gasteiger partial charge in [-0.05, 0) is 43.9 Å². The van der Waals surface area contributed by atoms with Gasteiger partial charge in [0.1, 0.15) is 0 Å². The normalized spacial score (nSPS) is 29.8. The molecule has 0 spiro atoms. The fraction of sp³-hybridized carbons (Fsp3) is 0.762. The van der Waals surface area contributed by atoms with Crippen molar-refractivity contribution in [2.45, 2.75) is 76.9 Å². The van der Waals surface area contributed by atoms with Gasteiger partial charge in [0, 0.05) is 12.3 Å². The van der Waals surface area contributed by atoms with Crippen LogP contribution in [0.3, 0.4) is 0 Å². The molecular weight excluding hydrogens is 316 g/mol. The largest absolute Gasteiger partial charge is 0.481 e. The number of carbonyl (C=O) groups is 1. The van der Waals surface area contributed by atoms with Gasteiger partial charge in [0.15, 0.2) is 0 Å². The zero-order valence-corrected chi connectivity index (χ0v) is 15.5. The number of hydrogen-bond donors (Lipinski definition) is 2. The van der Waals surface area contributed by atoms with Crippen LogP contribution in [0.15, 0.2) is 24.3 Å². The van der Waals surface area contributed by atoms with Gasteiger partial charge >= 0.3 is 5.97 Å². The van der Waals surface area contributed by atoms with E-state index in [1.807, 2.05) is 6.08 Å². The fourth-order valence-corrected chi connectivity index (χ4v) is 4.15. The molecule has 0 radical (unpaired) electrons. The van der Waals surface area contributed by atoms with Crippen molar-refractivity contribution in [3.63, 3.8) is 0 Å². The van der Waals surface area contributed by atoms with Crippen molar-refractivity contribution in [3.8, 4) is 0 Å². The Bertz CT molecular complexity index is 457. The molecule has 1 heterocycles. The quantitative estimate of drug-likeness (QED) is 0.406. The van der Waals surface area contributed by atoms with Crippen LogP contribution in [0.1, 0.15) is 64.7 Å². The lowest BCUT2D eigenvalue weighted by molar-refractivity contribution is -0.137. The van der Waals surface area contributed by atoms with E-state index in [-0.39, 0.29) is 12.5 Å². The van der Waals surface area contributed by atoms with E-state index in [9.17, 15) is 9.90 Å². The third-order valence-corrected chi connectivity index (χ3v) is 5.58. The van der Waals surface area contributed by atoms with Crippen molar-refractivity contribution in [1.29, 1.82) is 0 Å². The van der Waals surface area contributed by atoms with E-state index in [0.717, 1.165) is 38.7 Å². The molecule has 2 bridgehead atoms. The van der Waals surface area contributed by atoms with Crippen LogP contribution in [-0.4, -0.2) is 35.0 Å². The van der Waals surface area contributed by atoms with Crippen molar-refractivity contribution in [2.75, 3.05) is 6.61 Å². The monoisotopic (exact) mass is 350 g/mol. The van der Waals surface area contributed by atoms with Gasteiger partial charge in [0.05, 0.1) is 18.8 Å². The molecular formula is C21H34O4. The van der Waals surface area contributed by atoms with E-state index >= 15 is 0 Å². The highest BCUT2D eigenvalue weighted by Crippen LogP contribution is 2.47. The lowest BCUT2D eigenvalue weighted by Crippen LogP contribution is -2.27. The molecule has 1 aliphatic carbocycles. The Morgan fingerprint density at radius 2 is 2.12 bits per heavy atom. The third-order valence-electron chi connectivity index (χ3n) is 5.58. The summed E-state index contributed by atoms with van der Waals surface area (Å²) >= 11 is 0. The number of aliphatic hydroxyl groups is 1. The molecule has 0 aromatic heterocycles. The smallest absolute Gasteiger partial charge is 0.303 e. The van der Waals surface area contributed by atoms with E-state index in [4.69, 9.17) is 9.84 Å². The van der Waals surface area contributed by atoms with E-state index in [1.165, 1.54) is 12.8 Å². The van der Waals surface area contributed by atoms with Crippen molar-refractivity contribution in [2.24, 2.45) is 17.8 Å². The van der Waals surface area contributed by atoms with Crippen LogP contribution < -0.4 is 0 Å². The molecule has 0 aromatic carbocycles. The van der Waals surface area contributed by atoms with Gasteiger partial charge in [-0.2, -0.15) is 0 Å². The van der Waals surface area contributed by atoms with Crippen LogP contribution in [0.5, 0.6) is 0 Å². The third kappa shape index (κ3) is 6.59. The van der Waals surface area contributed by atoms with Crippen LogP contribution in [-0.2, 0) is 9.53 Å². The number of rotatable bonds is 12. The first-order valence-corrected chi connectivity index (χ1v) is 9.96. The summed E-state index contributed by atoms with van der Waals surface area (Å²) in [6.45, 7) is 3.04. The first kappa shape index (κ1) is 20.2. The van der Waals surface area contributed by atoms with E-state index in [0.29, 0.717) is 30.3 Å². The minimum Gasteiger partial charge on any atom is -0.481 e. The number of aliphatic hydroxyl groups excluding tert-OH is 1. The second-order valence-electron chi connectivity index (χ2n) is 7.55. The molecule has 0 unspecified atom stereocenters. The molecule has 2 N–H and O–H groups in total. The highest BCUT2D eigenvalue weighted by molar-refractivity contribution is 5.66. The Kier molecular flexibility index (Phi) is 8.70. The molecule has 2 rings (SSSR count). The standard InChI is InChI=1S/C21H34O4/c1-2-3-6-9-17(22)12-13-19-18(16-14-20(19)25-15-16)10-7-4-5-8-11-21(23)24/h4,7,12-13,16-20,22H,2-3,5-6,8-11,14-15H2,1H3,(H,23,24)/b7-4+,13-12+/t16-,17-,18-,19+,20-/m0/s1. The zero-order chi connectivity index (χ0) is 18.1. The molecule has 1 saturated heterocycles. The zero-order valence-electron chi connectivity index (χ0n) is 15.5. The molecule has 1 saturated carbocycles. The number of aliphatic carboxylic acids is 1. The van der Waals surface area contributed by atoms with Gasteiger partial charge in [0.25, 0.3) is 0 Å². The number of carboxylic acid groups (broad SMARTS) is 1. The molecule has 4 nitrogen and oxygen atoms in total. The Balaban J connectivity index is 1.78. The van der Waals surface area contributed by atoms with E-state index in [1.54, 1.807) is 0 Å². The Hall–Kier alpha value is -1.13. The second kappa shape index (κ2) is 10.8. The summed E-state index contributed by atoms with van der Waals surface area (Å²) in [5.41, 5.74) is 0. The average molecular weight is 350 g/mol. The van der Waals surface area contributed by atoms with Crippen LogP contribution in [0.4, 0.5) is 0 Å². The second-order valence-corrected chi connectivity index (χ2v) is 7.55. The number of unbranched alkanes of at least 4 members (excludes halogenated alkanes) is 3. The Morgan fingerprint density at radius 3 is 2.88 bits per heavy atom. The van der Waals surface area contributed by atoms with Crippen molar-refractivity contribution in [1.82, 2.24) is 0 Å². The molecule has 142 valence electrons. The number of ether oxygens (including phenoxy) is 1. The van der Waals surface area contributed by atoms with Crippen LogP contribution >= 0.6 is 0 Å².